The predicted octanol–water partition coefficient (Wildman–Crippen LogP) is 4.63. The summed E-state index contributed by atoms with van der Waals surface area (Å²) in [6, 6.07) is 17.1. The third-order valence-electron chi connectivity index (χ3n) is 7.28. The van der Waals surface area contributed by atoms with Gasteiger partial charge in [-0.1, -0.05) is 32.0 Å². The fourth-order valence-corrected chi connectivity index (χ4v) is 5.03. The first kappa shape index (κ1) is 27.5. The summed E-state index contributed by atoms with van der Waals surface area (Å²) in [6.45, 7) is 9.36. The van der Waals surface area contributed by atoms with Crippen LogP contribution in [0.3, 0.4) is 0 Å². The maximum absolute atomic E-state index is 13.2. The van der Waals surface area contributed by atoms with Crippen LogP contribution in [-0.4, -0.2) is 52.1 Å². The molecule has 0 aliphatic carbocycles. The van der Waals surface area contributed by atoms with E-state index in [1.807, 2.05) is 37.3 Å². The van der Waals surface area contributed by atoms with Gasteiger partial charge in [-0.2, -0.15) is 0 Å². The van der Waals surface area contributed by atoms with Gasteiger partial charge in [-0.25, -0.2) is 5.48 Å². The zero-order valence-electron chi connectivity index (χ0n) is 22.5. The van der Waals surface area contributed by atoms with E-state index in [-0.39, 0.29) is 12.3 Å². The van der Waals surface area contributed by atoms with Crippen molar-refractivity contribution < 1.29 is 19.5 Å². The normalized spacial score (nSPS) is 15.4. The van der Waals surface area contributed by atoms with E-state index in [0.717, 1.165) is 48.2 Å². The molecular formula is C30H38N4O4. The molecule has 0 unspecified atom stereocenters. The number of rotatable bonds is 10. The lowest BCUT2D eigenvalue weighted by Crippen LogP contribution is -2.57. The van der Waals surface area contributed by atoms with Gasteiger partial charge in [0.05, 0.1) is 17.5 Å². The van der Waals surface area contributed by atoms with Crippen molar-refractivity contribution >= 4 is 22.7 Å². The number of hydrogen-bond acceptors (Lipinski definition) is 6. The molecular weight excluding hydrogens is 480 g/mol. The number of aromatic nitrogens is 1. The number of hydroxylamine groups is 1. The van der Waals surface area contributed by atoms with E-state index in [1.54, 1.807) is 29.7 Å². The highest BCUT2D eigenvalue weighted by Gasteiger charge is 2.38. The minimum Gasteiger partial charge on any atom is -0.489 e. The number of piperidine rings is 1. The molecule has 8 nitrogen and oxygen atoms in total. The van der Waals surface area contributed by atoms with Crippen LogP contribution in [0.5, 0.6) is 5.75 Å². The van der Waals surface area contributed by atoms with Crippen LogP contribution in [0, 0.1) is 12.8 Å². The van der Waals surface area contributed by atoms with E-state index >= 15 is 0 Å². The number of carbonyl (C=O) groups excluding carboxylic acids is 2. The molecule has 0 saturated carbocycles. The number of nitrogens with zero attached hydrogens (tertiary/aromatic N) is 2. The van der Waals surface area contributed by atoms with Gasteiger partial charge in [0.15, 0.2) is 0 Å². The quantitative estimate of drug-likeness (QED) is 0.267. The first-order valence-electron chi connectivity index (χ1n) is 13.3. The lowest BCUT2D eigenvalue weighted by Gasteiger charge is -2.42. The molecule has 3 aromatic rings. The second-order valence-corrected chi connectivity index (χ2v) is 10.7. The van der Waals surface area contributed by atoms with Gasteiger partial charge in [-0.3, -0.25) is 19.8 Å². The Morgan fingerprint density at radius 1 is 1.11 bits per heavy atom. The standard InChI is InChI=1S/C30H38N4O4/c1-21(2)12-15-34-16-13-30(14-17-34,19-28(35)33-37)32-29(36)23-8-10-25(11-9-23)38-20-24-18-22(3)31-27-7-5-4-6-26(24)27/h4-11,18,21,37H,12-17,19-20H2,1-3H3,(H,32,36)(H,33,35). The van der Waals surface area contributed by atoms with Gasteiger partial charge in [-0.05, 0) is 75.0 Å². The Hall–Kier alpha value is -3.49. The Labute approximate surface area is 224 Å². The van der Waals surface area contributed by atoms with Crippen molar-refractivity contribution in [2.24, 2.45) is 5.92 Å². The second-order valence-electron chi connectivity index (χ2n) is 10.7. The first-order valence-corrected chi connectivity index (χ1v) is 13.3. The minimum absolute atomic E-state index is 0.0355. The smallest absolute Gasteiger partial charge is 0.251 e. The Bertz CT molecular complexity index is 1250. The highest BCUT2D eigenvalue weighted by molar-refractivity contribution is 5.95. The van der Waals surface area contributed by atoms with Crippen molar-refractivity contribution in [3.8, 4) is 5.75 Å². The van der Waals surface area contributed by atoms with Crippen LogP contribution in [0.2, 0.25) is 0 Å². The topological polar surface area (TPSA) is 104 Å². The van der Waals surface area contributed by atoms with E-state index in [2.05, 4.69) is 29.0 Å². The van der Waals surface area contributed by atoms with E-state index in [4.69, 9.17) is 9.94 Å². The van der Waals surface area contributed by atoms with Crippen LogP contribution in [0.1, 0.15) is 61.1 Å². The third kappa shape index (κ3) is 7.08. The fourth-order valence-electron chi connectivity index (χ4n) is 5.03. The molecule has 1 fully saturated rings. The molecule has 1 aromatic heterocycles. The number of hydrogen-bond donors (Lipinski definition) is 3. The molecule has 0 bridgehead atoms. The Morgan fingerprint density at radius 2 is 1.82 bits per heavy atom. The van der Waals surface area contributed by atoms with Crippen molar-refractivity contribution in [3.05, 3.63) is 71.4 Å². The molecule has 8 heteroatoms. The molecule has 38 heavy (non-hydrogen) atoms. The van der Waals surface area contributed by atoms with Crippen LogP contribution in [-0.2, 0) is 11.4 Å². The summed E-state index contributed by atoms with van der Waals surface area (Å²) in [5.74, 6) is 0.548. The number of benzene rings is 2. The SMILES string of the molecule is Cc1cc(COc2ccc(C(=O)NC3(CC(=O)NO)CCN(CCC(C)C)CC3)cc2)c2ccccc2n1. The predicted molar refractivity (Wildman–Crippen MR) is 147 cm³/mol. The van der Waals surface area contributed by atoms with Crippen LogP contribution in [0.15, 0.2) is 54.6 Å². The summed E-state index contributed by atoms with van der Waals surface area (Å²) < 4.78 is 6.03. The van der Waals surface area contributed by atoms with Gasteiger partial charge in [0.1, 0.15) is 12.4 Å². The zero-order chi connectivity index (χ0) is 27.1. The van der Waals surface area contributed by atoms with Gasteiger partial charge in [0, 0.05) is 35.3 Å². The number of pyridine rings is 1. The molecule has 1 saturated heterocycles. The maximum Gasteiger partial charge on any atom is 0.251 e. The molecule has 2 heterocycles. The van der Waals surface area contributed by atoms with Crippen LogP contribution in [0.25, 0.3) is 10.9 Å². The first-order chi connectivity index (χ1) is 18.3. The molecule has 1 aliphatic heterocycles. The summed E-state index contributed by atoms with van der Waals surface area (Å²) in [4.78, 5) is 32.2. The van der Waals surface area contributed by atoms with Gasteiger partial charge in [0.2, 0.25) is 5.91 Å². The number of likely N-dealkylation sites (tertiary alicyclic amines) is 1. The largest absolute Gasteiger partial charge is 0.489 e. The van der Waals surface area contributed by atoms with E-state index in [0.29, 0.717) is 36.7 Å². The minimum atomic E-state index is -0.701. The van der Waals surface area contributed by atoms with E-state index < -0.39 is 11.4 Å². The van der Waals surface area contributed by atoms with Crippen LogP contribution < -0.4 is 15.5 Å². The average molecular weight is 519 g/mol. The van der Waals surface area contributed by atoms with E-state index in [1.165, 1.54) is 0 Å². The summed E-state index contributed by atoms with van der Waals surface area (Å²) in [6.07, 6.45) is 2.44. The lowest BCUT2D eigenvalue weighted by molar-refractivity contribution is -0.131. The van der Waals surface area contributed by atoms with Gasteiger partial charge < -0.3 is 15.0 Å². The van der Waals surface area contributed by atoms with Crippen molar-refractivity contribution in [2.45, 2.75) is 58.6 Å². The van der Waals surface area contributed by atoms with Crippen LogP contribution in [0.4, 0.5) is 0 Å². The Kier molecular flexibility index (Phi) is 8.97. The van der Waals surface area contributed by atoms with Crippen molar-refractivity contribution in [1.82, 2.24) is 20.7 Å². The highest BCUT2D eigenvalue weighted by atomic mass is 16.5. The number of carbonyl (C=O) groups is 2. The molecule has 2 amide bonds. The number of aryl methyl sites for hydroxylation is 1. The Morgan fingerprint density at radius 3 is 2.50 bits per heavy atom. The van der Waals surface area contributed by atoms with Gasteiger partial charge in [0.25, 0.3) is 5.91 Å². The molecule has 0 atom stereocenters. The maximum atomic E-state index is 13.2. The number of para-hydroxylation sites is 1. The fraction of sp³-hybridized carbons (Fsp3) is 0.433. The highest BCUT2D eigenvalue weighted by Crippen LogP contribution is 2.28. The van der Waals surface area contributed by atoms with Crippen molar-refractivity contribution in [1.29, 1.82) is 0 Å². The Balaban J connectivity index is 1.39. The number of nitrogens with one attached hydrogen (secondary N) is 2. The summed E-state index contributed by atoms with van der Waals surface area (Å²) >= 11 is 0. The number of amides is 2. The third-order valence-corrected chi connectivity index (χ3v) is 7.28. The molecule has 0 radical (unpaired) electrons. The van der Waals surface area contributed by atoms with Crippen molar-refractivity contribution in [3.63, 3.8) is 0 Å². The van der Waals surface area contributed by atoms with Crippen LogP contribution >= 0.6 is 0 Å². The molecule has 2 aromatic carbocycles. The number of ether oxygens (including phenoxy) is 1. The monoisotopic (exact) mass is 518 g/mol. The average Bonchev–Trinajstić information content (AvgIpc) is 2.91. The summed E-state index contributed by atoms with van der Waals surface area (Å²) in [7, 11) is 0. The lowest BCUT2D eigenvalue weighted by atomic mass is 9.83. The zero-order valence-corrected chi connectivity index (χ0v) is 22.5. The molecule has 3 N–H and O–H groups in total. The molecule has 4 rings (SSSR count). The van der Waals surface area contributed by atoms with Gasteiger partial charge in [-0.15, -0.1) is 0 Å². The summed E-state index contributed by atoms with van der Waals surface area (Å²) in [5.41, 5.74) is 4.45. The van der Waals surface area contributed by atoms with E-state index in [9.17, 15) is 9.59 Å². The summed E-state index contributed by atoms with van der Waals surface area (Å²) in [5, 5.41) is 13.3. The molecule has 202 valence electrons. The second kappa shape index (κ2) is 12.4. The van der Waals surface area contributed by atoms with Gasteiger partial charge >= 0.3 is 0 Å². The van der Waals surface area contributed by atoms with Crippen molar-refractivity contribution in [2.75, 3.05) is 19.6 Å². The number of fused-ring (bicyclic) bond motifs is 1. The molecule has 1 aliphatic rings. The molecule has 0 spiro atoms.